The standard InChI is InChI=1S/C18H17FN2O4S2/c1-25-10-13-16-14(19)3-2-4-15(16)26-17(13)18(22)21-9-11-5-7-12(8-6-11)27(20,23)24/h2-8H,9-10H2,1H3,(H,21,22)(H2,20,23,24). The van der Waals surface area contributed by atoms with Crippen LogP contribution < -0.4 is 10.5 Å². The van der Waals surface area contributed by atoms with E-state index in [4.69, 9.17) is 9.88 Å². The summed E-state index contributed by atoms with van der Waals surface area (Å²) < 4.78 is 42.6. The minimum atomic E-state index is -3.76. The van der Waals surface area contributed by atoms with E-state index in [2.05, 4.69) is 5.32 Å². The number of rotatable bonds is 6. The van der Waals surface area contributed by atoms with Crippen LogP contribution in [0.2, 0.25) is 0 Å². The molecule has 2 aromatic carbocycles. The zero-order chi connectivity index (χ0) is 19.6. The van der Waals surface area contributed by atoms with Crippen molar-refractivity contribution in [2.75, 3.05) is 7.11 Å². The monoisotopic (exact) mass is 408 g/mol. The molecule has 0 spiro atoms. The van der Waals surface area contributed by atoms with Gasteiger partial charge in [0.05, 0.1) is 16.4 Å². The average Bonchev–Trinajstić information content (AvgIpc) is 3.00. The molecule has 3 N–H and O–H groups in total. The highest BCUT2D eigenvalue weighted by atomic mass is 32.2. The molecule has 1 heterocycles. The van der Waals surface area contributed by atoms with E-state index in [-0.39, 0.29) is 24.0 Å². The summed E-state index contributed by atoms with van der Waals surface area (Å²) in [6, 6.07) is 10.6. The van der Waals surface area contributed by atoms with Gasteiger partial charge in [-0.2, -0.15) is 0 Å². The molecule has 142 valence electrons. The van der Waals surface area contributed by atoms with Gasteiger partial charge in [-0.25, -0.2) is 17.9 Å². The normalized spacial score (nSPS) is 11.7. The van der Waals surface area contributed by atoms with Gasteiger partial charge in [0, 0.05) is 29.3 Å². The molecule has 0 atom stereocenters. The van der Waals surface area contributed by atoms with Gasteiger partial charge in [-0.05, 0) is 29.8 Å². The third-order valence-electron chi connectivity index (χ3n) is 3.96. The van der Waals surface area contributed by atoms with Crippen molar-refractivity contribution >= 4 is 37.4 Å². The summed E-state index contributed by atoms with van der Waals surface area (Å²) in [5, 5.41) is 8.22. The Morgan fingerprint density at radius 3 is 2.56 bits per heavy atom. The van der Waals surface area contributed by atoms with Gasteiger partial charge in [0.1, 0.15) is 5.82 Å². The van der Waals surface area contributed by atoms with Crippen LogP contribution >= 0.6 is 11.3 Å². The minimum absolute atomic E-state index is 0.0000565. The molecule has 3 rings (SSSR count). The second-order valence-electron chi connectivity index (χ2n) is 5.83. The number of hydrogen-bond acceptors (Lipinski definition) is 5. The van der Waals surface area contributed by atoms with E-state index in [0.29, 0.717) is 26.1 Å². The molecule has 0 fully saturated rings. The van der Waals surface area contributed by atoms with Crippen molar-refractivity contribution in [3.05, 3.63) is 64.3 Å². The van der Waals surface area contributed by atoms with Crippen LogP contribution in [0.4, 0.5) is 4.39 Å². The fraction of sp³-hybridized carbons (Fsp3) is 0.167. The molecule has 0 saturated carbocycles. The highest BCUT2D eigenvalue weighted by Gasteiger charge is 2.20. The van der Waals surface area contributed by atoms with E-state index in [1.165, 1.54) is 36.6 Å². The molecule has 0 aliphatic heterocycles. The van der Waals surface area contributed by atoms with Gasteiger partial charge in [-0.1, -0.05) is 18.2 Å². The molecule has 3 aromatic rings. The van der Waals surface area contributed by atoms with E-state index in [9.17, 15) is 17.6 Å². The number of methoxy groups -OCH3 is 1. The topological polar surface area (TPSA) is 98.5 Å². The Morgan fingerprint density at radius 2 is 1.93 bits per heavy atom. The van der Waals surface area contributed by atoms with E-state index in [1.807, 2.05) is 0 Å². The summed E-state index contributed by atoms with van der Waals surface area (Å²) in [5.74, 6) is -0.744. The SMILES string of the molecule is COCc1c(C(=O)NCc2ccc(S(N)(=O)=O)cc2)sc2cccc(F)c12. The first-order valence-corrected chi connectivity index (χ1v) is 10.3. The summed E-state index contributed by atoms with van der Waals surface area (Å²) in [6.07, 6.45) is 0. The number of thiophene rings is 1. The number of amides is 1. The number of nitrogens with two attached hydrogens (primary N) is 1. The molecule has 0 saturated heterocycles. The molecule has 0 unspecified atom stereocenters. The second-order valence-corrected chi connectivity index (χ2v) is 8.44. The number of carbonyl (C=O) groups excluding carboxylic acids is 1. The lowest BCUT2D eigenvalue weighted by Crippen LogP contribution is -2.23. The van der Waals surface area contributed by atoms with Crippen LogP contribution in [0.3, 0.4) is 0 Å². The van der Waals surface area contributed by atoms with Gasteiger partial charge in [0.15, 0.2) is 0 Å². The van der Waals surface area contributed by atoms with Crippen molar-refractivity contribution in [2.24, 2.45) is 5.14 Å². The first kappa shape index (κ1) is 19.4. The zero-order valence-electron chi connectivity index (χ0n) is 14.4. The Hall–Kier alpha value is -2.33. The summed E-state index contributed by atoms with van der Waals surface area (Å²) in [7, 11) is -2.27. The number of benzene rings is 2. The number of primary sulfonamides is 1. The molecular formula is C18H17FN2O4S2. The molecule has 27 heavy (non-hydrogen) atoms. The van der Waals surface area contributed by atoms with Crippen LogP contribution in [0.1, 0.15) is 20.8 Å². The lowest BCUT2D eigenvalue weighted by atomic mass is 10.1. The van der Waals surface area contributed by atoms with Crippen molar-refractivity contribution < 1.29 is 22.3 Å². The number of sulfonamides is 1. The molecule has 0 radical (unpaired) electrons. The molecule has 0 bridgehead atoms. The molecular weight excluding hydrogens is 391 g/mol. The number of fused-ring (bicyclic) bond motifs is 1. The summed E-state index contributed by atoms with van der Waals surface area (Å²) >= 11 is 1.20. The third-order valence-corrected chi connectivity index (χ3v) is 6.09. The van der Waals surface area contributed by atoms with Crippen molar-refractivity contribution in [3.8, 4) is 0 Å². The molecule has 1 aromatic heterocycles. The van der Waals surface area contributed by atoms with Crippen LogP contribution in [-0.2, 0) is 27.9 Å². The Morgan fingerprint density at radius 1 is 1.22 bits per heavy atom. The molecule has 6 nitrogen and oxygen atoms in total. The lowest BCUT2D eigenvalue weighted by Gasteiger charge is -2.07. The molecule has 9 heteroatoms. The minimum Gasteiger partial charge on any atom is -0.380 e. The van der Waals surface area contributed by atoms with Gasteiger partial charge in [-0.15, -0.1) is 11.3 Å². The Bertz CT molecular complexity index is 1090. The molecule has 0 aliphatic rings. The Balaban J connectivity index is 1.82. The van der Waals surface area contributed by atoms with Crippen LogP contribution in [0.5, 0.6) is 0 Å². The van der Waals surface area contributed by atoms with Crippen LogP contribution in [-0.4, -0.2) is 21.4 Å². The number of carbonyl (C=O) groups is 1. The predicted octanol–water partition coefficient (Wildman–Crippen LogP) is 2.76. The first-order chi connectivity index (χ1) is 12.8. The van der Waals surface area contributed by atoms with Crippen molar-refractivity contribution in [3.63, 3.8) is 0 Å². The fourth-order valence-electron chi connectivity index (χ4n) is 2.69. The largest absolute Gasteiger partial charge is 0.380 e. The van der Waals surface area contributed by atoms with Gasteiger partial charge in [0.2, 0.25) is 10.0 Å². The van der Waals surface area contributed by atoms with Gasteiger partial charge >= 0.3 is 0 Å². The van der Waals surface area contributed by atoms with Crippen molar-refractivity contribution in [1.82, 2.24) is 5.32 Å². The number of hydrogen-bond donors (Lipinski definition) is 2. The highest BCUT2D eigenvalue weighted by molar-refractivity contribution is 7.89. The van der Waals surface area contributed by atoms with Gasteiger partial charge in [-0.3, -0.25) is 4.79 Å². The quantitative estimate of drug-likeness (QED) is 0.655. The summed E-state index contributed by atoms with van der Waals surface area (Å²) in [4.78, 5) is 13.0. The van der Waals surface area contributed by atoms with Crippen LogP contribution in [0, 0.1) is 5.82 Å². The Labute approximate surface area is 159 Å². The van der Waals surface area contributed by atoms with E-state index in [1.54, 1.807) is 24.3 Å². The Kier molecular flexibility index (Phi) is 5.56. The number of halogens is 1. The maximum atomic E-state index is 14.2. The van der Waals surface area contributed by atoms with E-state index in [0.717, 1.165) is 0 Å². The number of nitrogens with one attached hydrogen (secondary N) is 1. The molecule has 1 amide bonds. The number of ether oxygens (including phenoxy) is 1. The van der Waals surface area contributed by atoms with Gasteiger partial charge in [0.25, 0.3) is 5.91 Å². The third kappa shape index (κ3) is 4.16. The summed E-state index contributed by atoms with van der Waals surface area (Å²) in [6.45, 7) is 0.305. The summed E-state index contributed by atoms with van der Waals surface area (Å²) in [5.41, 5.74) is 1.22. The maximum Gasteiger partial charge on any atom is 0.262 e. The van der Waals surface area contributed by atoms with Gasteiger partial charge < -0.3 is 10.1 Å². The first-order valence-electron chi connectivity index (χ1n) is 7.90. The van der Waals surface area contributed by atoms with Crippen molar-refractivity contribution in [1.29, 1.82) is 0 Å². The van der Waals surface area contributed by atoms with E-state index < -0.39 is 15.8 Å². The zero-order valence-corrected chi connectivity index (χ0v) is 16.0. The second kappa shape index (κ2) is 7.73. The lowest BCUT2D eigenvalue weighted by molar-refractivity contribution is 0.0950. The highest BCUT2D eigenvalue weighted by Crippen LogP contribution is 2.33. The average molecular weight is 408 g/mol. The molecule has 0 aliphatic carbocycles. The van der Waals surface area contributed by atoms with E-state index >= 15 is 0 Å². The van der Waals surface area contributed by atoms with Crippen LogP contribution in [0.15, 0.2) is 47.4 Å². The predicted molar refractivity (Wildman–Crippen MR) is 101 cm³/mol. The smallest absolute Gasteiger partial charge is 0.262 e. The van der Waals surface area contributed by atoms with Crippen LogP contribution in [0.25, 0.3) is 10.1 Å². The van der Waals surface area contributed by atoms with Crippen molar-refractivity contribution in [2.45, 2.75) is 18.0 Å². The fourth-order valence-corrected chi connectivity index (χ4v) is 4.35. The maximum absolute atomic E-state index is 14.2.